The molecule has 0 aromatic carbocycles. The van der Waals surface area contributed by atoms with Gasteiger partial charge in [0, 0.05) is 62.6 Å². The minimum atomic E-state index is -0.904. The van der Waals surface area contributed by atoms with E-state index in [4.69, 9.17) is 17.0 Å². The van der Waals surface area contributed by atoms with E-state index in [1.807, 2.05) is 10.3 Å². The number of piperazine rings is 1. The van der Waals surface area contributed by atoms with Crippen LogP contribution in [0.25, 0.3) is 0 Å². The van der Waals surface area contributed by atoms with Gasteiger partial charge in [-0.1, -0.05) is 12.2 Å². The normalized spacial score (nSPS) is 19.7. The van der Waals surface area contributed by atoms with Crippen molar-refractivity contribution in [3.8, 4) is 0 Å². The number of hydrogen-bond donors (Lipinski definition) is 2. The predicted molar refractivity (Wildman–Crippen MR) is 140 cm³/mol. The van der Waals surface area contributed by atoms with E-state index in [0.29, 0.717) is 37.6 Å². The number of nitrogens with zero attached hydrogens (tertiary/aromatic N) is 5. The maximum absolute atomic E-state index is 12.6. The summed E-state index contributed by atoms with van der Waals surface area (Å²) >= 11 is 6.69. The summed E-state index contributed by atoms with van der Waals surface area (Å²) in [5, 5.41) is 15.5. The summed E-state index contributed by atoms with van der Waals surface area (Å²) in [5.74, 6) is -0.542. The van der Waals surface area contributed by atoms with Gasteiger partial charge in [-0.25, -0.2) is 9.78 Å². The van der Waals surface area contributed by atoms with E-state index < -0.39 is 11.4 Å². The Morgan fingerprint density at radius 1 is 1.43 bits per heavy atom. The smallest absolute Gasteiger partial charge is 0.337 e. The molecule has 35 heavy (non-hydrogen) atoms. The summed E-state index contributed by atoms with van der Waals surface area (Å²) < 4.78 is 5.28. The van der Waals surface area contributed by atoms with Gasteiger partial charge in [-0.05, 0) is 27.8 Å². The quantitative estimate of drug-likeness (QED) is 0.326. The highest BCUT2D eigenvalue weighted by Gasteiger charge is 2.33. The number of carbonyl (C=O) groups is 2. The lowest BCUT2D eigenvalue weighted by Gasteiger charge is -2.42. The first-order valence-corrected chi connectivity index (χ1v) is 13.0. The summed E-state index contributed by atoms with van der Waals surface area (Å²) in [6, 6.07) is 0.148. The summed E-state index contributed by atoms with van der Waals surface area (Å²) in [4.78, 5) is 39.6. The van der Waals surface area contributed by atoms with E-state index >= 15 is 0 Å². The number of carboxylic acids is 1. The molecule has 0 amide bonds. The third kappa shape index (κ3) is 7.06. The number of aliphatic imine (C=N–C) groups is 1. The number of amidine groups is 1. The molecule has 1 atom stereocenters. The van der Waals surface area contributed by atoms with Crippen LogP contribution in [0.15, 0.2) is 27.8 Å². The Kier molecular flexibility index (Phi) is 9.34. The third-order valence-corrected chi connectivity index (χ3v) is 7.28. The van der Waals surface area contributed by atoms with E-state index in [1.54, 1.807) is 32.5 Å². The molecule has 2 aliphatic rings. The number of thiocarbonyl (C=S) groups is 1. The van der Waals surface area contributed by atoms with Crippen LogP contribution >= 0.6 is 23.6 Å². The fourth-order valence-corrected chi connectivity index (χ4v) is 4.84. The Balaban J connectivity index is 1.72. The van der Waals surface area contributed by atoms with E-state index in [1.165, 1.54) is 11.3 Å². The number of carboxylic acid groups (broad SMARTS) is 1. The number of hydrogen-bond acceptors (Lipinski definition) is 10. The number of ether oxygens (including phenoxy) is 1. The second-order valence-electron chi connectivity index (χ2n) is 9.40. The first-order chi connectivity index (χ1) is 16.6. The Labute approximate surface area is 215 Å². The number of aliphatic carboxylic acids is 1. The molecule has 1 aromatic heterocycles. The molecule has 3 heterocycles. The second kappa shape index (κ2) is 12.0. The van der Waals surface area contributed by atoms with Gasteiger partial charge < -0.3 is 20.1 Å². The Morgan fingerprint density at radius 3 is 2.83 bits per heavy atom. The first kappa shape index (κ1) is 27.2. The zero-order valence-electron chi connectivity index (χ0n) is 20.7. The number of nitrogens with one attached hydrogen (secondary N) is 1. The van der Waals surface area contributed by atoms with E-state index in [-0.39, 0.29) is 18.6 Å². The summed E-state index contributed by atoms with van der Waals surface area (Å²) in [6.07, 6.45) is 1.73. The molecule has 0 aliphatic carbocycles. The predicted octanol–water partition coefficient (Wildman–Crippen LogP) is 1.30. The van der Waals surface area contributed by atoms with Crippen molar-refractivity contribution in [1.82, 2.24) is 25.0 Å². The Bertz CT molecular complexity index is 979. The standard InChI is InChI=1S/C23H34N6O4S2/c1-5-33-21(30)17-10-25-19(20-24-6-9-35-20)26-18(17)13-28-8-7-27(4)16(11-28)12-29(15-34)14-23(2,3)22(31)32/h6,9,15-16H,5,7-8,10-14H2,1-4H3,(H,25,26)(H,31,32). The molecule has 10 nitrogen and oxygen atoms in total. The summed E-state index contributed by atoms with van der Waals surface area (Å²) in [7, 11) is 2.07. The van der Waals surface area contributed by atoms with Gasteiger partial charge in [0.05, 0.1) is 29.6 Å². The van der Waals surface area contributed by atoms with Crippen LogP contribution in [0.3, 0.4) is 0 Å². The van der Waals surface area contributed by atoms with Gasteiger partial charge >= 0.3 is 11.9 Å². The highest BCUT2D eigenvalue weighted by atomic mass is 32.1. The zero-order valence-corrected chi connectivity index (χ0v) is 22.3. The van der Waals surface area contributed by atoms with Crippen LogP contribution in [0, 0.1) is 5.41 Å². The average molecular weight is 523 g/mol. The average Bonchev–Trinajstić information content (AvgIpc) is 3.35. The molecular weight excluding hydrogens is 488 g/mol. The topological polar surface area (TPSA) is 111 Å². The molecule has 0 bridgehead atoms. The second-order valence-corrected chi connectivity index (χ2v) is 10.5. The van der Waals surface area contributed by atoms with Gasteiger partial charge in [-0.3, -0.25) is 19.6 Å². The lowest BCUT2D eigenvalue weighted by atomic mass is 9.93. The molecule has 2 aliphatic heterocycles. The molecule has 0 spiro atoms. The molecular formula is C23H34N6O4S2. The minimum absolute atomic E-state index is 0.148. The number of thiazole rings is 1. The number of aromatic nitrogens is 1. The van der Waals surface area contributed by atoms with Crippen molar-refractivity contribution in [3.05, 3.63) is 27.9 Å². The van der Waals surface area contributed by atoms with Gasteiger partial charge in [-0.15, -0.1) is 11.3 Å². The van der Waals surface area contributed by atoms with Crippen LogP contribution in [-0.2, 0) is 14.3 Å². The van der Waals surface area contributed by atoms with Crippen molar-refractivity contribution < 1.29 is 19.4 Å². The van der Waals surface area contributed by atoms with Crippen molar-refractivity contribution in [2.24, 2.45) is 10.4 Å². The third-order valence-electron chi connectivity index (χ3n) is 6.20. The highest BCUT2D eigenvalue weighted by molar-refractivity contribution is 7.78. The van der Waals surface area contributed by atoms with Crippen molar-refractivity contribution in [2.45, 2.75) is 26.8 Å². The van der Waals surface area contributed by atoms with Crippen LogP contribution in [0.1, 0.15) is 25.8 Å². The van der Waals surface area contributed by atoms with Gasteiger partial charge in [0.15, 0.2) is 10.8 Å². The van der Waals surface area contributed by atoms with Gasteiger partial charge in [-0.2, -0.15) is 0 Å². The fraction of sp³-hybridized carbons (Fsp3) is 0.609. The Morgan fingerprint density at radius 2 is 2.20 bits per heavy atom. The van der Waals surface area contributed by atoms with Crippen LogP contribution in [0.2, 0.25) is 0 Å². The molecule has 1 unspecified atom stereocenters. The maximum Gasteiger partial charge on any atom is 0.337 e. The van der Waals surface area contributed by atoms with E-state index in [2.05, 4.69) is 32.1 Å². The summed E-state index contributed by atoms with van der Waals surface area (Å²) in [6.45, 7) is 9.66. The molecule has 0 saturated carbocycles. The van der Waals surface area contributed by atoms with Crippen LogP contribution < -0.4 is 5.32 Å². The SMILES string of the molecule is CCOC(=O)C1=C(CN2CCN(C)C(CN(C=S)CC(C)(C)C(=O)O)C2)NC(c2nccs2)=NC1. The molecule has 1 saturated heterocycles. The van der Waals surface area contributed by atoms with Gasteiger partial charge in [0.1, 0.15) is 0 Å². The fourth-order valence-electron chi connectivity index (χ4n) is 4.08. The van der Waals surface area contributed by atoms with Crippen LogP contribution in [0.5, 0.6) is 0 Å². The zero-order chi connectivity index (χ0) is 25.6. The molecule has 192 valence electrons. The number of esters is 1. The van der Waals surface area contributed by atoms with Crippen molar-refractivity contribution >= 4 is 46.8 Å². The molecule has 0 radical (unpaired) electrons. The van der Waals surface area contributed by atoms with Crippen LogP contribution in [0.4, 0.5) is 0 Å². The number of rotatable bonds is 11. The Hall–Kier alpha value is -2.41. The van der Waals surface area contributed by atoms with Gasteiger partial charge in [0.25, 0.3) is 0 Å². The monoisotopic (exact) mass is 522 g/mol. The van der Waals surface area contributed by atoms with Crippen molar-refractivity contribution in [2.75, 3.05) is 59.5 Å². The van der Waals surface area contributed by atoms with E-state index in [9.17, 15) is 14.7 Å². The lowest BCUT2D eigenvalue weighted by Crippen LogP contribution is -2.57. The molecule has 3 rings (SSSR count). The lowest BCUT2D eigenvalue weighted by molar-refractivity contribution is -0.147. The maximum atomic E-state index is 12.6. The highest BCUT2D eigenvalue weighted by Crippen LogP contribution is 2.20. The van der Waals surface area contributed by atoms with Gasteiger partial charge in [0.2, 0.25) is 0 Å². The number of carbonyl (C=O) groups excluding carboxylic acids is 1. The largest absolute Gasteiger partial charge is 0.481 e. The first-order valence-electron chi connectivity index (χ1n) is 11.6. The summed E-state index contributed by atoms with van der Waals surface area (Å²) in [5.41, 5.74) is 1.97. The molecule has 12 heteroatoms. The van der Waals surface area contributed by atoms with Crippen molar-refractivity contribution in [3.63, 3.8) is 0 Å². The minimum Gasteiger partial charge on any atom is -0.481 e. The number of likely N-dealkylation sites (N-methyl/N-ethyl adjacent to an activating group) is 1. The van der Waals surface area contributed by atoms with Crippen LogP contribution in [-0.4, -0.2) is 114 Å². The van der Waals surface area contributed by atoms with E-state index in [0.717, 1.165) is 30.3 Å². The van der Waals surface area contributed by atoms with Crippen molar-refractivity contribution in [1.29, 1.82) is 0 Å². The molecule has 2 N–H and O–H groups in total. The molecule has 1 fully saturated rings. The molecule has 1 aromatic rings.